The molecular weight excluding hydrogens is 701 g/mol. The van der Waals surface area contributed by atoms with E-state index in [0.29, 0.717) is 19.0 Å². The van der Waals surface area contributed by atoms with Gasteiger partial charge in [0.25, 0.3) is 0 Å². The van der Waals surface area contributed by atoms with Crippen molar-refractivity contribution >= 4 is 5.84 Å². The highest BCUT2D eigenvalue weighted by Crippen LogP contribution is 2.01. The maximum Gasteiger partial charge on any atom is 0.0905 e. The number of aliphatic hydroxyl groups is 2. The van der Waals surface area contributed by atoms with Crippen LogP contribution in [0.4, 0.5) is 0 Å². The van der Waals surface area contributed by atoms with E-state index in [4.69, 9.17) is 32.8 Å². The minimum Gasteiger partial charge on any atom is -0.396 e. The number of rotatable bonds is 18. The third kappa shape index (κ3) is 381. The maximum atomic E-state index is 8.07. The molecule has 0 unspecified atom stereocenters. The molecule has 0 saturated carbocycles. The molecule has 0 amide bonds. The first-order valence-electron chi connectivity index (χ1n) is 20.3. The first-order chi connectivity index (χ1) is 22.4. The van der Waals surface area contributed by atoms with Gasteiger partial charge in [-0.1, -0.05) is 262 Å². The van der Waals surface area contributed by atoms with Crippen molar-refractivity contribution < 1.29 is 10.2 Å². The third-order valence-corrected chi connectivity index (χ3v) is 5.58. The van der Waals surface area contributed by atoms with Gasteiger partial charge in [-0.2, -0.15) is 0 Å². The van der Waals surface area contributed by atoms with Gasteiger partial charge < -0.3 is 27.4 Å². The summed E-state index contributed by atoms with van der Waals surface area (Å²) in [6.07, 6.45) is 22.7. The fraction of sp³-hybridized carbons (Fsp3) is 0.980. The van der Waals surface area contributed by atoms with Crippen molar-refractivity contribution in [2.75, 3.05) is 26.3 Å². The van der Waals surface area contributed by atoms with Crippen molar-refractivity contribution in [3.8, 4) is 0 Å². The summed E-state index contributed by atoms with van der Waals surface area (Å²) >= 11 is 0. The number of aliphatic hydroxyl groups excluding tert-OH is 2. The van der Waals surface area contributed by atoms with E-state index in [-0.39, 0.29) is 74.3 Å². The van der Waals surface area contributed by atoms with Gasteiger partial charge in [0.2, 0.25) is 0 Å². The standard InChI is InChI=1S/C7H16N2.C6H15N.C6H14.C5H13N.C5H12.C4H10O.C3H8O.C3H8.C2H6.10CH4/c1-2-3-4-5-6-7(8)9;1-2-3-4-5-6-7;1-4-5-6(2)3;1-2-3-4-5-6;1-4-5(2)3;1-2-3-4-5;1-2-3-4;1-3-2;1-2;;;;;;;;;;/h2-6H2,1H3,(H3,8,9);2-7H2,1H3;6H,4-5H2,1-3H3;2-6H2,1H3;5H,4H2,1-3H3;5H,2-4H2,1H3;4H,2-3H2,1H3;3H2,1-2H3;1-2H3;10*1H4. The number of unbranched alkanes of at least 4 members (excludes halogenated alkanes) is 9. The number of hydrogen-bond acceptors (Lipinski definition) is 5. The summed E-state index contributed by atoms with van der Waals surface area (Å²) in [6.45, 7) is 34.5. The second-order valence-electron chi connectivity index (χ2n) is 12.2. The molecule has 0 heterocycles. The largest absolute Gasteiger partial charge is 0.396 e. The Balaban J connectivity index is -0.0000000167. The van der Waals surface area contributed by atoms with E-state index in [9.17, 15) is 0 Å². The van der Waals surface area contributed by atoms with Crippen LogP contribution in [-0.2, 0) is 0 Å². The molecule has 0 aromatic heterocycles. The second-order valence-corrected chi connectivity index (χ2v) is 12.2. The summed E-state index contributed by atoms with van der Waals surface area (Å²) in [5, 5.41) is 22.8. The molecule has 0 spiro atoms. The Bertz CT molecular complexity index is 372. The molecule has 0 aliphatic rings. The first kappa shape index (κ1) is 124. The van der Waals surface area contributed by atoms with E-state index >= 15 is 0 Å². The van der Waals surface area contributed by atoms with E-state index in [1.165, 1.54) is 89.9 Å². The lowest BCUT2D eigenvalue weighted by atomic mass is 10.1. The fourth-order valence-electron chi connectivity index (χ4n) is 2.44. The van der Waals surface area contributed by atoms with Crippen LogP contribution in [0.2, 0.25) is 0 Å². The van der Waals surface area contributed by atoms with Gasteiger partial charge in [0, 0.05) is 19.6 Å². The summed E-state index contributed by atoms with van der Waals surface area (Å²) < 4.78 is 0. The molecule has 0 radical (unpaired) electrons. The average Bonchev–Trinajstić information content (AvgIpc) is 3.05. The third-order valence-electron chi connectivity index (χ3n) is 5.58. The predicted octanol–water partition coefficient (Wildman–Crippen LogP) is 19.0. The van der Waals surface area contributed by atoms with Gasteiger partial charge in [-0.15, -0.1) is 0 Å². The highest BCUT2D eigenvalue weighted by Gasteiger charge is 1.89. The van der Waals surface area contributed by atoms with Gasteiger partial charge >= 0.3 is 0 Å². The molecule has 0 aliphatic carbocycles. The molecule has 57 heavy (non-hydrogen) atoms. The average molecular weight is 844 g/mol. The van der Waals surface area contributed by atoms with Crippen molar-refractivity contribution in [2.45, 2.75) is 300 Å². The summed E-state index contributed by atoms with van der Waals surface area (Å²) in [5.74, 6) is 2.11. The first-order valence-corrected chi connectivity index (χ1v) is 20.3. The van der Waals surface area contributed by atoms with Crippen molar-refractivity contribution in [2.24, 2.45) is 29.0 Å². The van der Waals surface area contributed by atoms with Crippen LogP contribution >= 0.6 is 0 Å². The molecular formula is C51H142N4O2. The monoisotopic (exact) mass is 843 g/mol. The van der Waals surface area contributed by atoms with Crippen molar-refractivity contribution in [1.29, 1.82) is 5.41 Å². The molecule has 6 nitrogen and oxygen atoms in total. The minimum atomic E-state index is 0. The quantitative estimate of drug-likeness (QED) is 0.0463. The SMILES string of the molecule is C.C.C.C.C.C.C.C.C.C.CC.CCC.CCC(C)C.CCCC(C)C.CCCCCCC(=N)N.CCCCCCN.CCCCCN.CCCCO.CCCO. The van der Waals surface area contributed by atoms with Gasteiger partial charge in [-0.05, 0) is 57.0 Å². The van der Waals surface area contributed by atoms with Crippen molar-refractivity contribution in [3.63, 3.8) is 0 Å². The lowest BCUT2D eigenvalue weighted by Crippen LogP contribution is -2.08. The molecule has 9 N–H and O–H groups in total. The molecule has 0 saturated heterocycles. The van der Waals surface area contributed by atoms with E-state index < -0.39 is 0 Å². The molecule has 0 rings (SSSR count). The van der Waals surface area contributed by atoms with Crippen LogP contribution in [0.25, 0.3) is 0 Å². The zero-order valence-corrected chi connectivity index (χ0v) is 36.0. The smallest absolute Gasteiger partial charge is 0.0905 e. The zero-order chi connectivity index (χ0) is 39.0. The van der Waals surface area contributed by atoms with Crippen molar-refractivity contribution in [1.82, 2.24) is 0 Å². The summed E-state index contributed by atoms with van der Waals surface area (Å²) in [7, 11) is 0. The Hall–Kier alpha value is -0.690. The van der Waals surface area contributed by atoms with Gasteiger partial charge in [-0.3, -0.25) is 5.41 Å². The predicted molar refractivity (Wildman–Crippen MR) is 291 cm³/mol. The Morgan fingerprint density at radius 1 is 0.439 bits per heavy atom. The molecule has 0 aliphatic heterocycles. The highest BCUT2D eigenvalue weighted by atomic mass is 16.3. The lowest BCUT2D eigenvalue weighted by molar-refractivity contribution is 0.287. The molecule has 0 aromatic carbocycles. The van der Waals surface area contributed by atoms with Crippen molar-refractivity contribution in [3.05, 3.63) is 0 Å². The van der Waals surface area contributed by atoms with Gasteiger partial charge in [0.05, 0.1) is 5.84 Å². The van der Waals surface area contributed by atoms with E-state index in [0.717, 1.165) is 57.0 Å². The number of nitrogens with two attached hydrogens (primary N) is 3. The summed E-state index contributed by atoms with van der Waals surface area (Å²) in [4.78, 5) is 0. The topological polar surface area (TPSA) is 142 Å². The molecule has 6 heteroatoms. The Morgan fingerprint density at radius 3 is 0.825 bits per heavy atom. The van der Waals surface area contributed by atoms with Crippen LogP contribution in [0.3, 0.4) is 0 Å². The number of nitrogens with one attached hydrogen (secondary N) is 1. The maximum absolute atomic E-state index is 8.07. The highest BCUT2D eigenvalue weighted by molar-refractivity contribution is 5.76. The Labute approximate surface area is 375 Å². The summed E-state index contributed by atoms with van der Waals surface area (Å²) in [6, 6.07) is 0. The van der Waals surface area contributed by atoms with Gasteiger partial charge in [0.1, 0.15) is 0 Å². The zero-order valence-electron chi connectivity index (χ0n) is 36.0. The minimum absolute atomic E-state index is 0. The second kappa shape index (κ2) is 166. The molecule has 0 fully saturated rings. The van der Waals surface area contributed by atoms with Crippen LogP contribution in [0.15, 0.2) is 0 Å². The lowest BCUT2D eigenvalue weighted by Gasteiger charge is -1.95. The fourth-order valence-corrected chi connectivity index (χ4v) is 2.44. The van der Waals surface area contributed by atoms with E-state index in [1.807, 2.05) is 20.8 Å². The van der Waals surface area contributed by atoms with E-state index in [1.54, 1.807) is 0 Å². The van der Waals surface area contributed by atoms with Crippen LogP contribution < -0.4 is 17.2 Å². The van der Waals surface area contributed by atoms with Crippen LogP contribution in [0.1, 0.15) is 300 Å². The van der Waals surface area contributed by atoms with E-state index in [2.05, 4.69) is 83.1 Å². The van der Waals surface area contributed by atoms with Crippen LogP contribution in [0.5, 0.6) is 0 Å². The Kier molecular flexibility index (Phi) is 361. The van der Waals surface area contributed by atoms with Crippen LogP contribution in [-0.4, -0.2) is 42.4 Å². The molecule has 0 atom stereocenters. The molecule has 0 aromatic rings. The number of hydrogen-bond donors (Lipinski definition) is 6. The summed E-state index contributed by atoms with van der Waals surface area (Å²) in [5.41, 5.74) is 15.6. The van der Waals surface area contributed by atoms with Crippen LogP contribution in [0, 0.1) is 17.2 Å². The van der Waals surface area contributed by atoms with Gasteiger partial charge in [-0.25, -0.2) is 0 Å². The number of amidine groups is 1. The normalized spacial score (nSPS) is 7.18. The molecule has 378 valence electrons. The molecule has 0 bridgehead atoms. The van der Waals surface area contributed by atoms with Gasteiger partial charge in [0.15, 0.2) is 0 Å². The Morgan fingerprint density at radius 2 is 0.702 bits per heavy atom.